The van der Waals surface area contributed by atoms with E-state index in [2.05, 4.69) is 38.1 Å². The largest absolute Gasteiger partial charge is 0.478 e. The van der Waals surface area contributed by atoms with Gasteiger partial charge in [0, 0.05) is 0 Å². The Bertz CT molecular complexity index is 769. The Hall–Kier alpha value is -2.35. The maximum absolute atomic E-state index is 10.9. The van der Waals surface area contributed by atoms with E-state index < -0.39 is 5.97 Å². The fourth-order valence-corrected chi connectivity index (χ4v) is 3.35. The SMILES string of the molecule is C/C(=C\c1ccc(C(=O)O)cc1)c1ccc2c(c1)CCC(C)CC2. The molecule has 0 amide bonds. The summed E-state index contributed by atoms with van der Waals surface area (Å²) < 4.78 is 0. The van der Waals surface area contributed by atoms with Crippen LogP contribution in [0.3, 0.4) is 0 Å². The van der Waals surface area contributed by atoms with Gasteiger partial charge in [0.25, 0.3) is 0 Å². The second kappa shape index (κ2) is 7.04. The molecule has 2 aromatic rings. The number of hydrogen-bond donors (Lipinski definition) is 1. The van der Waals surface area contributed by atoms with Gasteiger partial charge in [0.05, 0.1) is 5.56 Å². The maximum Gasteiger partial charge on any atom is 0.335 e. The normalized spacial score (nSPS) is 17.9. The summed E-state index contributed by atoms with van der Waals surface area (Å²) in [6, 6.07) is 13.9. The van der Waals surface area contributed by atoms with E-state index in [0.29, 0.717) is 5.56 Å². The van der Waals surface area contributed by atoms with Gasteiger partial charge in [-0.1, -0.05) is 43.3 Å². The van der Waals surface area contributed by atoms with Crippen molar-refractivity contribution in [1.82, 2.24) is 0 Å². The van der Waals surface area contributed by atoms with Gasteiger partial charge in [0.2, 0.25) is 0 Å². The molecule has 0 fully saturated rings. The molecule has 0 radical (unpaired) electrons. The average molecular weight is 320 g/mol. The molecule has 24 heavy (non-hydrogen) atoms. The fraction of sp³-hybridized carbons (Fsp3) is 0.318. The van der Waals surface area contributed by atoms with E-state index in [4.69, 9.17) is 5.11 Å². The number of aryl methyl sites for hydroxylation is 2. The monoisotopic (exact) mass is 320 g/mol. The predicted molar refractivity (Wildman–Crippen MR) is 99.2 cm³/mol. The Labute approximate surface area is 143 Å². The maximum atomic E-state index is 10.9. The molecule has 0 bridgehead atoms. The Balaban J connectivity index is 1.84. The molecule has 0 saturated carbocycles. The second-order valence-electron chi connectivity index (χ2n) is 6.92. The van der Waals surface area contributed by atoms with Crippen molar-refractivity contribution in [2.75, 3.05) is 0 Å². The van der Waals surface area contributed by atoms with Crippen molar-refractivity contribution >= 4 is 17.6 Å². The highest BCUT2D eigenvalue weighted by molar-refractivity contribution is 5.88. The van der Waals surface area contributed by atoms with Gasteiger partial charge in [-0.05, 0) is 78.5 Å². The van der Waals surface area contributed by atoms with Crippen LogP contribution in [0.2, 0.25) is 0 Å². The zero-order valence-electron chi connectivity index (χ0n) is 14.4. The molecule has 0 aliphatic heterocycles. The first-order valence-electron chi connectivity index (χ1n) is 8.67. The summed E-state index contributed by atoms with van der Waals surface area (Å²) in [6.45, 7) is 4.46. The van der Waals surface area contributed by atoms with Crippen LogP contribution in [-0.2, 0) is 12.8 Å². The summed E-state index contributed by atoms with van der Waals surface area (Å²) in [6.07, 6.45) is 7.04. The van der Waals surface area contributed by atoms with E-state index in [-0.39, 0.29) is 0 Å². The topological polar surface area (TPSA) is 37.3 Å². The van der Waals surface area contributed by atoms with Gasteiger partial charge in [-0.3, -0.25) is 0 Å². The van der Waals surface area contributed by atoms with Crippen LogP contribution in [-0.4, -0.2) is 11.1 Å². The molecule has 1 atom stereocenters. The van der Waals surface area contributed by atoms with Crippen LogP contribution in [0.4, 0.5) is 0 Å². The zero-order valence-corrected chi connectivity index (χ0v) is 14.4. The molecule has 0 aromatic heterocycles. The first-order valence-corrected chi connectivity index (χ1v) is 8.67. The number of benzene rings is 2. The van der Waals surface area contributed by atoms with Gasteiger partial charge in [0.1, 0.15) is 0 Å². The molecule has 0 spiro atoms. The smallest absolute Gasteiger partial charge is 0.335 e. The van der Waals surface area contributed by atoms with E-state index >= 15 is 0 Å². The van der Waals surface area contributed by atoms with Crippen molar-refractivity contribution < 1.29 is 9.90 Å². The van der Waals surface area contributed by atoms with Crippen LogP contribution in [0.15, 0.2) is 42.5 Å². The highest BCUT2D eigenvalue weighted by atomic mass is 16.4. The molecule has 1 unspecified atom stereocenters. The van der Waals surface area contributed by atoms with E-state index in [1.54, 1.807) is 12.1 Å². The zero-order chi connectivity index (χ0) is 17.1. The Kier molecular flexibility index (Phi) is 4.84. The predicted octanol–water partition coefficient (Wildman–Crippen LogP) is 5.46. The summed E-state index contributed by atoms with van der Waals surface area (Å²) in [5.74, 6) is -0.0764. The molecule has 0 heterocycles. The first-order chi connectivity index (χ1) is 11.5. The van der Waals surface area contributed by atoms with Crippen LogP contribution < -0.4 is 0 Å². The van der Waals surface area contributed by atoms with Crippen molar-refractivity contribution in [1.29, 1.82) is 0 Å². The second-order valence-corrected chi connectivity index (χ2v) is 6.92. The number of allylic oxidation sites excluding steroid dienone is 1. The highest BCUT2D eigenvalue weighted by Gasteiger charge is 2.13. The van der Waals surface area contributed by atoms with Crippen LogP contribution in [0.25, 0.3) is 11.6 Å². The molecular weight excluding hydrogens is 296 g/mol. The minimum Gasteiger partial charge on any atom is -0.478 e. The summed E-state index contributed by atoms with van der Waals surface area (Å²) in [4.78, 5) is 10.9. The summed E-state index contributed by atoms with van der Waals surface area (Å²) in [5, 5.41) is 8.97. The summed E-state index contributed by atoms with van der Waals surface area (Å²) >= 11 is 0. The molecule has 1 aliphatic carbocycles. The van der Waals surface area contributed by atoms with Crippen LogP contribution >= 0.6 is 0 Å². The van der Waals surface area contributed by atoms with Gasteiger partial charge in [-0.15, -0.1) is 0 Å². The Morgan fingerprint density at radius 2 is 1.62 bits per heavy atom. The van der Waals surface area contributed by atoms with Gasteiger partial charge in [-0.2, -0.15) is 0 Å². The Morgan fingerprint density at radius 3 is 2.29 bits per heavy atom. The third kappa shape index (κ3) is 3.76. The quantitative estimate of drug-likeness (QED) is 0.602. The van der Waals surface area contributed by atoms with Crippen LogP contribution in [0.5, 0.6) is 0 Å². The van der Waals surface area contributed by atoms with Crippen molar-refractivity contribution in [2.24, 2.45) is 5.92 Å². The van der Waals surface area contributed by atoms with Crippen molar-refractivity contribution in [3.05, 3.63) is 70.3 Å². The van der Waals surface area contributed by atoms with Gasteiger partial charge < -0.3 is 5.11 Å². The number of carboxylic acid groups (broad SMARTS) is 1. The molecule has 1 N–H and O–H groups in total. The highest BCUT2D eigenvalue weighted by Crippen LogP contribution is 2.27. The van der Waals surface area contributed by atoms with Crippen molar-refractivity contribution in [3.63, 3.8) is 0 Å². The lowest BCUT2D eigenvalue weighted by molar-refractivity contribution is 0.0697. The number of carbonyl (C=O) groups is 1. The number of fused-ring (bicyclic) bond motifs is 1. The van der Waals surface area contributed by atoms with E-state index in [0.717, 1.165) is 11.5 Å². The van der Waals surface area contributed by atoms with Crippen molar-refractivity contribution in [2.45, 2.75) is 39.5 Å². The van der Waals surface area contributed by atoms with E-state index in [9.17, 15) is 4.79 Å². The lowest BCUT2D eigenvalue weighted by Crippen LogP contribution is -1.95. The molecule has 2 heteroatoms. The van der Waals surface area contributed by atoms with Gasteiger partial charge >= 0.3 is 5.97 Å². The van der Waals surface area contributed by atoms with Crippen LogP contribution in [0.1, 0.15) is 59.3 Å². The average Bonchev–Trinajstić information content (AvgIpc) is 2.77. The van der Waals surface area contributed by atoms with E-state index in [1.165, 1.54) is 47.9 Å². The minimum atomic E-state index is -0.887. The number of aromatic carboxylic acids is 1. The van der Waals surface area contributed by atoms with Crippen molar-refractivity contribution in [3.8, 4) is 0 Å². The lowest BCUT2D eigenvalue weighted by Gasteiger charge is -2.09. The molecule has 2 aromatic carbocycles. The standard InChI is InChI=1S/C22H24O2/c1-15-3-7-18-11-12-20(14-21(18)8-4-15)16(2)13-17-5-9-19(10-6-17)22(23)24/h5-6,9-15H,3-4,7-8H2,1-2H3,(H,23,24)/b16-13+. The van der Waals surface area contributed by atoms with E-state index in [1.807, 2.05) is 12.1 Å². The number of carboxylic acids is 1. The van der Waals surface area contributed by atoms with Gasteiger partial charge in [-0.25, -0.2) is 4.79 Å². The number of rotatable bonds is 3. The minimum absolute atomic E-state index is 0.323. The molecular formula is C22H24O2. The lowest BCUT2D eigenvalue weighted by atomic mass is 9.96. The molecule has 124 valence electrons. The first kappa shape index (κ1) is 16.5. The fourth-order valence-electron chi connectivity index (χ4n) is 3.35. The van der Waals surface area contributed by atoms with Gasteiger partial charge in [0.15, 0.2) is 0 Å². The number of hydrogen-bond acceptors (Lipinski definition) is 1. The third-order valence-corrected chi connectivity index (χ3v) is 5.02. The third-order valence-electron chi connectivity index (χ3n) is 5.02. The van der Waals surface area contributed by atoms with Crippen LogP contribution in [0, 0.1) is 5.92 Å². The summed E-state index contributed by atoms with van der Waals surface area (Å²) in [7, 11) is 0. The molecule has 1 aliphatic rings. The molecule has 3 rings (SSSR count). The molecule has 0 saturated heterocycles. The molecule has 2 nitrogen and oxygen atoms in total. The summed E-state index contributed by atoms with van der Waals surface area (Å²) in [5.41, 5.74) is 6.81. The Morgan fingerprint density at radius 1 is 1.00 bits per heavy atom.